The number of ether oxygens (including phenoxy) is 2. The molecule has 2 aromatic heterocycles. The van der Waals surface area contributed by atoms with Gasteiger partial charge in [0.05, 0.1) is 0 Å². The molecule has 1 N–H and O–H groups in total. The third-order valence-electron chi connectivity index (χ3n) is 3.72. The minimum atomic E-state index is 0.0208. The van der Waals surface area contributed by atoms with E-state index in [1.807, 2.05) is 42.6 Å². The molecule has 6 heteroatoms. The zero-order valence-corrected chi connectivity index (χ0v) is 13.8. The van der Waals surface area contributed by atoms with E-state index in [-0.39, 0.29) is 6.10 Å². The van der Waals surface area contributed by atoms with E-state index in [1.165, 1.54) is 4.88 Å². The predicted octanol–water partition coefficient (Wildman–Crippen LogP) is 3.13. The average Bonchev–Trinajstić information content (AvgIpc) is 3.11. The highest BCUT2D eigenvalue weighted by Gasteiger charge is 2.20. The number of hydrogen-bond acceptors (Lipinski definition) is 6. The van der Waals surface area contributed by atoms with Gasteiger partial charge in [-0.3, -0.25) is 4.98 Å². The van der Waals surface area contributed by atoms with E-state index < -0.39 is 0 Å². The van der Waals surface area contributed by atoms with Crippen LogP contribution in [-0.2, 0) is 6.54 Å². The Labute approximate surface area is 144 Å². The molecule has 24 heavy (non-hydrogen) atoms. The van der Waals surface area contributed by atoms with Crippen molar-refractivity contribution in [3.05, 3.63) is 59.9 Å². The number of hydrogen-bond donors (Lipinski definition) is 1. The molecular formula is C18H17N3O2S. The van der Waals surface area contributed by atoms with Crippen molar-refractivity contribution in [2.45, 2.75) is 12.6 Å². The zero-order chi connectivity index (χ0) is 16.2. The third kappa shape index (κ3) is 3.39. The molecule has 0 aliphatic carbocycles. The van der Waals surface area contributed by atoms with Crippen LogP contribution in [0.1, 0.15) is 4.88 Å². The number of nitrogens with one attached hydrogen (secondary N) is 1. The van der Waals surface area contributed by atoms with Crippen molar-refractivity contribution in [1.29, 1.82) is 0 Å². The molecule has 0 saturated heterocycles. The maximum atomic E-state index is 5.94. The Bertz CT molecular complexity index is 807. The van der Waals surface area contributed by atoms with Crippen molar-refractivity contribution < 1.29 is 9.47 Å². The standard InChI is InChI=1S/C18H17N3O2S/c1-2-4-17-16(3-1)22-12-14(23-17)9-20-10-15-11-21-18(24-15)13-5-7-19-8-6-13/h1-8,11,14,20H,9-10,12H2. The van der Waals surface area contributed by atoms with Gasteiger partial charge in [0.25, 0.3) is 0 Å². The second-order valence-electron chi connectivity index (χ2n) is 5.50. The van der Waals surface area contributed by atoms with E-state index in [0.29, 0.717) is 6.61 Å². The number of para-hydroxylation sites is 2. The quantitative estimate of drug-likeness (QED) is 0.774. The summed E-state index contributed by atoms with van der Waals surface area (Å²) < 4.78 is 11.7. The van der Waals surface area contributed by atoms with Crippen molar-refractivity contribution in [1.82, 2.24) is 15.3 Å². The van der Waals surface area contributed by atoms with Crippen LogP contribution in [-0.4, -0.2) is 29.2 Å². The molecular weight excluding hydrogens is 322 g/mol. The normalized spacial score (nSPS) is 16.1. The first-order chi connectivity index (χ1) is 11.9. The molecule has 1 aromatic carbocycles. The molecule has 1 atom stereocenters. The highest BCUT2D eigenvalue weighted by Crippen LogP contribution is 2.30. The lowest BCUT2D eigenvalue weighted by molar-refractivity contribution is 0.0903. The van der Waals surface area contributed by atoms with Crippen LogP contribution in [0.4, 0.5) is 0 Å². The Kier molecular flexibility index (Phi) is 4.40. The van der Waals surface area contributed by atoms with Crippen LogP contribution in [0, 0.1) is 0 Å². The molecule has 0 radical (unpaired) electrons. The summed E-state index contributed by atoms with van der Waals surface area (Å²) in [7, 11) is 0. The number of benzene rings is 1. The Hall–Kier alpha value is -2.44. The van der Waals surface area contributed by atoms with Gasteiger partial charge in [-0.2, -0.15) is 0 Å². The van der Waals surface area contributed by atoms with Gasteiger partial charge >= 0.3 is 0 Å². The Morgan fingerprint density at radius 1 is 1.12 bits per heavy atom. The van der Waals surface area contributed by atoms with Crippen LogP contribution >= 0.6 is 11.3 Å². The lowest BCUT2D eigenvalue weighted by Gasteiger charge is -2.26. The molecule has 0 saturated carbocycles. The van der Waals surface area contributed by atoms with Gasteiger partial charge in [0, 0.05) is 42.1 Å². The van der Waals surface area contributed by atoms with Gasteiger partial charge in [0.15, 0.2) is 11.5 Å². The summed E-state index contributed by atoms with van der Waals surface area (Å²) in [5, 5.41) is 4.43. The van der Waals surface area contributed by atoms with Gasteiger partial charge < -0.3 is 14.8 Å². The second-order valence-corrected chi connectivity index (χ2v) is 6.61. The van der Waals surface area contributed by atoms with Crippen molar-refractivity contribution in [2.75, 3.05) is 13.2 Å². The number of thiazole rings is 1. The van der Waals surface area contributed by atoms with Crippen LogP contribution in [0.3, 0.4) is 0 Å². The smallest absolute Gasteiger partial charge is 0.161 e. The van der Waals surface area contributed by atoms with Crippen molar-refractivity contribution in [3.63, 3.8) is 0 Å². The molecule has 1 aliphatic heterocycles. The number of rotatable bonds is 5. The topological polar surface area (TPSA) is 56.3 Å². The molecule has 0 spiro atoms. The molecule has 122 valence electrons. The van der Waals surface area contributed by atoms with Crippen molar-refractivity contribution in [3.8, 4) is 22.1 Å². The monoisotopic (exact) mass is 339 g/mol. The maximum absolute atomic E-state index is 5.94. The van der Waals surface area contributed by atoms with Gasteiger partial charge in [-0.15, -0.1) is 11.3 Å². The molecule has 3 aromatic rings. The first-order valence-corrected chi connectivity index (χ1v) is 8.64. The Morgan fingerprint density at radius 3 is 2.83 bits per heavy atom. The summed E-state index contributed by atoms with van der Waals surface area (Å²) in [5.74, 6) is 1.63. The van der Waals surface area contributed by atoms with E-state index in [2.05, 4.69) is 15.3 Å². The van der Waals surface area contributed by atoms with Crippen LogP contribution in [0.5, 0.6) is 11.5 Å². The average molecular weight is 339 g/mol. The zero-order valence-electron chi connectivity index (χ0n) is 13.0. The molecule has 0 fully saturated rings. The van der Waals surface area contributed by atoms with E-state index in [9.17, 15) is 0 Å². The van der Waals surface area contributed by atoms with E-state index in [0.717, 1.165) is 35.2 Å². The fourth-order valence-electron chi connectivity index (χ4n) is 2.54. The summed E-state index contributed by atoms with van der Waals surface area (Å²) >= 11 is 1.69. The minimum absolute atomic E-state index is 0.0208. The third-order valence-corrected chi connectivity index (χ3v) is 4.77. The highest BCUT2D eigenvalue weighted by molar-refractivity contribution is 7.15. The number of nitrogens with zero attached hydrogens (tertiary/aromatic N) is 2. The van der Waals surface area contributed by atoms with Gasteiger partial charge in [-0.1, -0.05) is 12.1 Å². The van der Waals surface area contributed by atoms with Gasteiger partial charge in [0.1, 0.15) is 17.7 Å². The molecule has 3 heterocycles. The summed E-state index contributed by atoms with van der Waals surface area (Å²) in [4.78, 5) is 9.70. The maximum Gasteiger partial charge on any atom is 0.161 e. The van der Waals surface area contributed by atoms with Gasteiger partial charge in [-0.05, 0) is 24.3 Å². The molecule has 5 nitrogen and oxygen atoms in total. The van der Waals surface area contributed by atoms with Crippen LogP contribution < -0.4 is 14.8 Å². The molecule has 1 unspecified atom stereocenters. The first-order valence-electron chi connectivity index (χ1n) is 7.83. The summed E-state index contributed by atoms with van der Waals surface area (Å²) in [5.41, 5.74) is 1.10. The molecule has 1 aliphatic rings. The fourth-order valence-corrected chi connectivity index (χ4v) is 3.42. The molecule has 4 rings (SSSR count). The van der Waals surface area contributed by atoms with Crippen LogP contribution in [0.25, 0.3) is 10.6 Å². The second kappa shape index (κ2) is 6.98. The number of pyridine rings is 1. The van der Waals surface area contributed by atoms with Crippen molar-refractivity contribution >= 4 is 11.3 Å². The summed E-state index contributed by atoms with van der Waals surface area (Å²) in [6.07, 6.45) is 5.51. The number of aromatic nitrogens is 2. The lowest BCUT2D eigenvalue weighted by Crippen LogP contribution is -2.38. The van der Waals surface area contributed by atoms with E-state index in [4.69, 9.17) is 9.47 Å². The Morgan fingerprint density at radius 2 is 1.96 bits per heavy atom. The summed E-state index contributed by atoms with van der Waals surface area (Å²) in [6.45, 7) is 2.07. The first kappa shape index (κ1) is 15.1. The molecule has 0 bridgehead atoms. The predicted molar refractivity (Wildman–Crippen MR) is 93.4 cm³/mol. The fraction of sp³-hybridized carbons (Fsp3) is 0.222. The van der Waals surface area contributed by atoms with Crippen molar-refractivity contribution in [2.24, 2.45) is 0 Å². The summed E-state index contributed by atoms with van der Waals surface area (Å²) in [6, 6.07) is 11.7. The van der Waals surface area contributed by atoms with E-state index in [1.54, 1.807) is 23.7 Å². The molecule has 0 amide bonds. The number of fused-ring (bicyclic) bond motifs is 1. The Balaban J connectivity index is 1.30. The lowest BCUT2D eigenvalue weighted by atomic mass is 10.2. The largest absolute Gasteiger partial charge is 0.486 e. The highest BCUT2D eigenvalue weighted by atomic mass is 32.1. The SMILES string of the molecule is c1ccc2c(c1)OCC(CNCc1cnc(-c3ccncc3)s1)O2. The minimum Gasteiger partial charge on any atom is -0.486 e. The van der Waals surface area contributed by atoms with Gasteiger partial charge in [0.2, 0.25) is 0 Å². The van der Waals surface area contributed by atoms with Crippen LogP contribution in [0.15, 0.2) is 55.0 Å². The van der Waals surface area contributed by atoms with E-state index >= 15 is 0 Å². The van der Waals surface area contributed by atoms with Crippen LogP contribution in [0.2, 0.25) is 0 Å². The van der Waals surface area contributed by atoms with Gasteiger partial charge in [-0.25, -0.2) is 4.98 Å².